The molecule has 0 spiro atoms. The van der Waals surface area contributed by atoms with E-state index in [0.717, 1.165) is 43.9 Å². The lowest BCUT2D eigenvalue weighted by molar-refractivity contribution is -0.136. The molecule has 1 aromatic rings. The molecule has 28 heavy (non-hydrogen) atoms. The number of carbonyl (C=O) groups is 1. The van der Waals surface area contributed by atoms with Gasteiger partial charge in [-0.15, -0.1) is 0 Å². The first-order chi connectivity index (χ1) is 13.6. The van der Waals surface area contributed by atoms with Crippen molar-refractivity contribution in [2.45, 2.75) is 70.8 Å². The Balaban J connectivity index is 1.74. The van der Waals surface area contributed by atoms with E-state index in [1.807, 2.05) is 31.2 Å². The zero-order valence-corrected chi connectivity index (χ0v) is 18.0. The summed E-state index contributed by atoms with van der Waals surface area (Å²) in [5.41, 5.74) is -0.0277. The van der Waals surface area contributed by atoms with Crippen LogP contribution >= 0.6 is 0 Å². The third kappa shape index (κ3) is 7.44. The Hall–Kier alpha value is -1.59. The maximum absolute atomic E-state index is 12.6. The average Bonchev–Trinajstić information content (AvgIpc) is 2.99. The van der Waals surface area contributed by atoms with Crippen LogP contribution < -0.4 is 10.1 Å². The molecule has 1 atom stereocenters. The van der Waals surface area contributed by atoms with Gasteiger partial charge < -0.3 is 19.7 Å². The van der Waals surface area contributed by atoms with Crippen LogP contribution in [0.1, 0.15) is 65.2 Å². The predicted molar refractivity (Wildman–Crippen MR) is 115 cm³/mol. The number of hydrogen-bond donors (Lipinski definition) is 1. The highest BCUT2D eigenvalue weighted by Gasteiger charge is 2.32. The van der Waals surface area contributed by atoms with Crippen molar-refractivity contribution in [3.05, 3.63) is 24.3 Å². The van der Waals surface area contributed by atoms with Gasteiger partial charge in [0.15, 0.2) is 0 Å². The van der Waals surface area contributed by atoms with Gasteiger partial charge in [-0.2, -0.15) is 0 Å². The van der Waals surface area contributed by atoms with Crippen LogP contribution in [0, 0.1) is 0 Å². The second kappa shape index (κ2) is 12.1. The van der Waals surface area contributed by atoms with Gasteiger partial charge in [-0.1, -0.05) is 32.6 Å². The van der Waals surface area contributed by atoms with Crippen molar-refractivity contribution in [3.63, 3.8) is 0 Å². The lowest BCUT2D eigenvalue weighted by Crippen LogP contribution is -2.41. The van der Waals surface area contributed by atoms with E-state index in [1.54, 1.807) is 7.11 Å². The number of rotatable bonds is 11. The second-order valence-corrected chi connectivity index (χ2v) is 7.97. The van der Waals surface area contributed by atoms with Crippen molar-refractivity contribution in [2.75, 3.05) is 38.7 Å². The number of anilines is 1. The molecule has 1 aromatic carbocycles. The number of benzene rings is 1. The Morgan fingerprint density at radius 3 is 2.39 bits per heavy atom. The predicted octanol–water partition coefficient (Wildman–Crippen LogP) is 4.87. The first-order valence-corrected chi connectivity index (χ1v) is 10.9. The van der Waals surface area contributed by atoms with Gasteiger partial charge in [-0.25, -0.2) is 0 Å². The number of ether oxygens (including phenoxy) is 2. The Bertz CT molecular complexity index is 568. The molecule has 0 bridgehead atoms. The van der Waals surface area contributed by atoms with E-state index in [4.69, 9.17) is 9.47 Å². The third-order valence-electron chi connectivity index (χ3n) is 5.64. The van der Waals surface area contributed by atoms with Crippen LogP contribution in [0.15, 0.2) is 24.3 Å². The van der Waals surface area contributed by atoms with E-state index < -0.39 is 5.60 Å². The van der Waals surface area contributed by atoms with Crippen LogP contribution in [0.2, 0.25) is 0 Å². The average molecular weight is 391 g/mol. The van der Waals surface area contributed by atoms with E-state index >= 15 is 0 Å². The molecule has 1 amide bonds. The molecule has 5 nitrogen and oxygen atoms in total. The molecule has 0 radical (unpaired) electrons. The van der Waals surface area contributed by atoms with Crippen LogP contribution in [-0.2, 0) is 9.53 Å². The van der Waals surface area contributed by atoms with Gasteiger partial charge in [-0.05, 0) is 70.0 Å². The molecule has 1 N–H and O–H groups in total. The summed E-state index contributed by atoms with van der Waals surface area (Å²) in [7, 11) is 1.60. The van der Waals surface area contributed by atoms with Gasteiger partial charge >= 0.3 is 0 Å². The van der Waals surface area contributed by atoms with Crippen LogP contribution in [0.25, 0.3) is 0 Å². The Labute approximate surface area is 170 Å². The summed E-state index contributed by atoms with van der Waals surface area (Å²) in [5.74, 6) is 0.740. The van der Waals surface area contributed by atoms with E-state index in [9.17, 15) is 4.79 Å². The fourth-order valence-electron chi connectivity index (χ4n) is 3.56. The van der Waals surface area contributed by atoms with E-state index in [0.29, 0.717) is 6.42 Å². The largest absolute Gasteiger partial charge is 0.494 e. The van der Waals surface area contributed by atoms with E-state index in [1.165, 1.54) is 38.8 Å². The molecule has 1 aliphatic rings. The van der Waals surface area contributed by atoms with Gasteiger partial charge in [0, 0.05) is 19.3 Å². The fourth-order valence-corrected chi connectivity index (χ4v) is 3.56. The molecule has 0 aliphatic carbocycles. The monoisotopic (exact) mass is 390 g/mol. The summed E-state index contributed by atoms with van der Waals surface area (Å²) >= 11 is 0. The normalized spacial score (nSPS) is 17.5. The quantitative estimate of drug-likeness (QED) is 0.548. The number of nitrogens with one attached hydrogen (secondary N) is 1. The minimum Gasteiger partial charge on any atom is -0.494 e. The highest BCUT2D eigenvalue weighted by molar-refractivity contribution is 5.97. The van der Waals surface area contributed by atoms with Crippen molar-refractivity contribution in [1.82, 2.24) is 4.90 Å². The molecule has 2 rings (SSSR count). The highest BCUT2D eigenvalue weighted by atomic mass is 16.5. The van der Waals surface area contributed by atoms with Crippen LogP contribution in [-0.4, -0.2) is 49.8 Å². The maximum Gasteiger partial charge on any atom is 0.256 e. The van der Waals surface area contributed by atoms with Crippen molar-refractivity contribution in [3.8, 4) is 5.75 Å². The molecular formula is C23H38N2O3. The number of unbranched alkanes of at least 4 members (excludes halogenated alkanes) is 1. The van der Waals surface area contributed by atoms with Gasteiger partial charge in [0.1, 0.15) is 11.4 Å². The minimum absolute atomic E-state index is 0.102. The number of likely N-dealkylation sites (tertiary alicyclic amines) is 1. The van der Waals surface area contributed by atoms with Crippen molar-refractivity contribution in [2.24, 2.45) is 0 Å². The van der Waals surface area contributed by atoms with Crippen molar-refractivity contribution in [1.29, 1.82) is 0 Å². The van der Waals surface area contributed by atoms with Gasteiger partial charge in [-0.3, -0.25) is 4.79 Å². The van der Waals surface area contributed by atoms with Gasteiger partial charge in [0.05, 0.1) is 6.61 Å². The summed E-state index contributed by atoms with van der Waals surface area (Å²) in [5, 5.41) is 2.96. The summed E-state index contributed by atoms with van der Waals surface area (Å²) < 4.78 is 11.3. The number of amides is 1. The fraction of sp³-hybridized carbons (Fsp3) is 0.696. The minimum atomic E-state index is -0.793. The smallest absolute Gasteiger partial charge is 0.256 e. The first-order valence-electron chi connectivity index (χ1n) is 10.9. The Morgan fingerprint density at radius 2 is 1.79 bits per heavy atom. The molecule has 158 valence electrons. The molecule has 1 fully saturated rings. The van der Waals surface area contributed by atoms with E-state index in [-0.39, 0.29) is 5.91 Å². The van der Waals surface area contributed by atoms with E-state index in [2.05, 4.69) is 17.1 Å². The summed E-state index contributed by atoms with van der Waals surface area (Å²) in [6, 6.07) is 7.60. The molecule has 0 saturated carbocycles. The summed E-state index contributed by atoms with van der Waals surface area (Å²) in [6.07, 6.45) is 9.16. The number of carbonyl (C=O) groups excluding carboxylic acids is 1. The number of nitrogens with zero attached hydrogens (tertiary/aromatic N) is 1. The number of methoxy groups -OCH3 is 1. The molecular weight excluding hydrogens is 352 g/mol. The third-order valence-corrected chi connectivity index (χ3v) is 5.64. The topological polar surface area (TPSA) is 50.8 Å². The summed E-state index contributed by atoms with van der Waals surface area (Å²) in [4.78, 5) is 15.1. The van der Waals surface area contributed by atoms with Crippen molar-refractivity contribution < 1.29 is 14.3 Å². The Kier molecular flexibility index (Phi) is 9.79. The second-order valence-electron chi connectivity index (χ2n) is 7.97. The van der Waals surface area contributed by atoms with Crippen LogP contribution in [0.3, 0.4) is 0 Å². The van der Waals surface area contributed by atoms with Crippen LogP contribution in [0.5, 0.6) is 5.75 Å². The molecule has 0 aromatic heterocycles. The van der Waals surface area contributed by atoms with Gasteiger partial charge in [0.2, 0.25) is 0 Å². The summed E-state index contributed by atoms with van der Waals surface area (Å²) in [6.45, 7) is 8.25. The SMILES string of the molecule is CCCC[C@@](C)(OC)C(=O)Nc1ccc(OCCCN2CCCCCC2)cc1. The zero-order valence-electron chi connectivity index (χ0n) is 18.0. The molecule has 1 heterocycles. The number of hydrogen-bond acceptors (Lipinski definition) is 4. The Morgan fingerprint density at radius 1 is 1.11 bits per heavy atom. The standard InChI is InChI=1S/C23H38N2O3/c1-4-5-15-23(2,27-3)22(26)24-20-11-13-21(14-12-20)28-19-10-18-25-16-8-6-7-9-17-25/h11-14H,4-10,15-19H2,1-3H3,(H,24,26)/t23-/m1/s1. The molecule has 5 heteroatoms. The molecule has 0 unspecified atom stereocenters. The molecule has 1 aliphatic heterocycles. The first kappa shape index (κ1) is 22.7. The maximum atomic E-state index is 12.6. The molecule has 1 saturated heterocycles. The lowest BCUT2D eigenvalue weighted by atomic mass is 9.97. The highest BCUT2D eigenvalue weighted by Crippen LogP contribution is 2.22. The lowest BCUT2D eigenvalue weighted by Gasteiger charge is -2.26. The van der Waals surface area contributed by atoms with Crippen LogP contribution in [0.4, 0.5) is 5.69 Å². The van der Waals surface area contributed by atoms with Gasteiger partial charge in [0.25, 0.3) is 5.91 Å². The zero-order chi connectivity index (χ0) is 20.2. The van der Waals surface area contributed by atoms with Crippen molar-refractivity contribution >= 4 is 11.6 Å².